The van der Waals surface area contributed by atoms with E-state index in [0.717, 1.165) is 64.0 Å². The van der Waals surface area contributed by atoms with Gasteiger partial charge in [-0.1, -0.05) is 6.07 Å². The Balaban J connectivity index is 1.23. The summed E-state index contributed by atoms with van der Waals surface area (Å²) < 4.78 is 20.6. The number of likely N-dealkylation sites (tertiary alicyclic amines) is 1. The Morgan fingerprint density at radius 2 is 1.75 bits per heavy atom. The Morgan fingerprint density at radius 1 is 0.875 bits per heavy atom. The van der Waals surface area contributed by atoms with Gasteiger partial charge in [0.05, 0.1) is 23.1 Å². The van der Waals surface area contributed by atoms with Crippen LogP contribution in [0.2, 0.25) is 0 Å². The van der Waals surface area contributed by atoms with Crippen LogP contribution in [0.5, 0.6) is 11.5 Å². The lowest BCUT2D eigenvalue weighted by molar-refractivity contribution is 0.237. The Morgan fingerprint density at radius 3 is 2.62 bits per heavy atom. The predicted molar refractivity (Wildman–Crippen MR) is 153 cm³/mol. The minimum Gasteiger partial charge on any atom is -0.506 e. The van der Waals surface area contributed by atoms with Crippen molar-refractivity contribution in [2.24, 2.45) is 0 Å². The average molecular weight is 535 g/mol. The first-order valence-corrected chi connectivity index (χ1v) is 13.4. The lowest BCUT2D eigenvalue weighted by Crippen LogP contribution is -2.25. The topological polar surface area (TPSA) is 103 Å². The molecule has 1 aliphatic rings. The van der Waals surface area contributed by atoms with Crippen molar-refractivity contribution < 1.29 is 14.2 Å². The molecule has 8 nitrogen and oxygen atoms in total. The predicted octanol–water partition coefficient (Wildman–Crippen LogP) is 6.15. The van der Waals surface area contributed by atoms with Crippen molar-refractivity contribution in [3.8, 4) is 45.3 Å². The fourth-order valence-electron chi connectivity index (χ4n) is 5.48. The minimum absolute atomic E-state index is 0.109. The van der Waals surface area contributed by atoms with Gasteiger partial charge in [-0.15, -0.1) is 0 Å². The van der Waals surface area contributed by atoms with Crippen LogP contribution < -0.4 is 4.74 Å². The summed E-state index contributed by atoms with van der Waals surface area (Å²) in [6.07, 6.45) is 7.28. The van der Waals surface area contributed by atoms with Gasteiger partial charge in [-0.25, -0.2) is 4.39 Å². The monoisotopic (exact) mass is 534 g/mol. The van der Waals surface area contributed by atoms with Gasteiger partial charge in [0.1, 0.15) is 29.6 Å². The van der Waals surface area contributed by atoms with Crippen LogP contribution in [0.3, 0.4) is 0 Å². The zero-order chi connectivity index (χ0) is 27.1. The largest absolute Gasteiger partial charge is 0.506 e. The van der Waals surface area contributed by atoms with Crippen LogP contribution in [0, 0.1) is 5.82 Å². The molecule has 6 aromatic rings. The van der Waals surface area contributed by atoms with E-state index in [4.69, 9.17) is 4.74 Å². The van der Waals surface area contributed by atoms with Gasteiger partial charge in [-0.2, -0.15) is 5.10 Å². The van der Waals surface area contributed by atoms with Crippen molar-refractivity contribution in [2.45, 2.75) is 12.8 Å². The fourth-order valence-corrected chi connectivity index (χ4v) is 5.48. The molecular formula is C31H27FN6O2. The van der Waals surface area contributed by atoms with E-state index >= 15 is 0 Å². The highest BCUT2D eigenvalue weighted by atomic mass is 19.1. The van der Waals surface area contributed by atoms with Gasteiger partial charge in [0.15, 0.2) is 0 Å². The summed E-state index contributed by atoms with van der Waals surface area (Å²) in [5, 5.41) is 19.3. The molecule has 0 unspecified atom stereocenters. The van der Waals surface area contributed by atoms with Gasteiger partial charge in [-0.3, -0.25) is 20.0 Å². The Kier molecular flexibility index (Phi) is 6.13. The number of nitrogens with zero attached hydrogens (tertiary/aromatic N) is 4. The molecule has 0 saturated carbocycles. The molecule has 5 heterocycles. The number of benzene rings is 2. The first-order valence-electron chi connectivity index (χ1n) is 13.4. The molecule has 200 valence electrons. The fraction of sp³-hybridized carbons (Fsp3) is 0.194. The second-order valence-electron chi connectivity index (χ2n) is 10.1. The zero-order valence-corrected chi connectivity index (χ0v) is 21.7. The van der Waals surface area contributed by atoms with Crippen LogP contribution >= 0.6 is 0 Å². The highest BCUT2D eigenvalue weighted by Gasteiger charge is 2.17. The summed E-state index contributed by atoms with van der Waals surface area (Å²) in [6.45, 7) is 3.54. The Bertz CT molecular complexity index is 1840. The number of aromatic amines is 2. The number of hydrogen-bond acceptors (Lipinski definition) is 6. The van der Waals surface area contributed by atoms with Crippen molar-refractivity contribution in [2.75, 3.05) is 26.2 Å². The number of nitrogens with one attached hydrogen (secondary N) is 2. The molecule has 0 radical (unpaired) electrons. The van der Waals surface area contributed by atoms with Crippen molar-refractivity contribution in [1.82, 2.24) is 30.0 Å². The van der Waals surface area contributed by atoms with Crippen LogP contribution in [0.4, 0.5) is 4.39 Å². The molecule has 9 heteroatoms. The molecule has 7 rings (SSSR count). The molecule has 0 bridgehead atoms. The first kappa shape index (κ1) is 24.3. The van der Waals surface area contributed by atoms with Crippen LogP contribution in [-0.4, -0.2) is 61.4 Å². The van der Waals surface area contributed by atoms with E-state index in [-0.39, 0.29) is 11.6 Å². The lowest BCUT2D eigenvalue weighted by atomic mass is 10.0. The van der Waals surface area contributed by atoms with Crippen LogP contribution in [0.25, 0.3) is 55.6 Å². The minimum atomic E-state index is -0.365. The maximum Gasteiger partial charge on any atom is 0.134 e. The maximum absolute atomic E-state index is 14.7. The van der Waals surface area contributed by atoms with Gasteiger partial charge < -0.3 is 14.8 Å². The second-order valence-corrected chi connectivity index (χ2v) is 10.1. The highest BCUT2D eigenvalue weighted by molar-refractivity contribution is 6.00. The summed E-state index contributed by atoms with van der Waals surface area (Å²) >= 11 is 0. The molecule has 40 heavy (non-hydrogen) atoms. The van der Waals surface area contributed by atoms with Crippen molar-refractivity contribution >= 4 is 21.8 Å². The summed E-state index contributed by atoms with van der Waals surface area (Å²) in [5.74, 6) is 0.240. The van der Waals surface area contributed by atoms with Crippen molar-refractivity contribution in [1.29, 1.82) is 0 Å². The van der Waals surface area contributed by atoms with E-state index in [0.29, 0.717) is 23.6 Å². The number of hydrogen-bond donors (Lipinski definition) is 3. The molecule has 0 aliphatic carbocycles. The average Bonchev–Trinajstić information content (AvgIpc) is 3.72. The molecular weight excluding hydrogens is 507 g/mol. The molecule has 2 aromatic carbocycles. The summed E-state index contributed by atoms with van der Waals surface area (Å²) in [6, 6.07) is 16.3. The number of fused-ring (bicyclic) bond motifs is 2. The van der Waals surface area contributed by atoms with E-state index in [2.05, 4.69) is 30.0 Å². The van der Waals surface area contributed by atoms with E-state index in [1.54, 1.807) is 18.5 Å². The third kappa shape index (κ3) is 4.65. The molecule has 1 saturated heterocycles. The van der Waals surface area contributed by atoms with Crippen LogP contribution in [0.15, 0.2) is 73.2 Å². The number of ether oxygens (including phenoxy) is 1. The van der Waals surface area contributed by atoms with Gasteiger partial charge in [0, 0.05) is 52.4 Å². The van der Waals surface area contributed by atoms with Gasteiger partial charge in [0.25, 0.3) is 0 Å². The van der Waals surface area contributed by atoms with Crippen LogP contribution in [0.1, 0.15) is 12.8 Å². The third-order valence-electron chi connectivity index (χ3n) is 7.44. The number of aromatic nitrogens is 5. The third-order valence-corrected chi connectivity index (χ3v) is 7.44. The maximum atomic E-state index is 14.7. The number of H-pyrrole nitrogens is 2. The van der Waals surface area contributed by atoms with E-state index < -0.39 is 0 Å². The summed E-state index contributed by atoms with van der Waals surface area (Å²) in [7, 11) is 0. The van der Waals surface area contributed by atoms with Gasteiger partial charge in [-0.05, 0) is 74.0 Å². The van der Waals surface area contributed by atoms with E-state index in [1.807, 2.05) is 36.4 Å². The van der Waals surface area contributed by atoms with E-state index in [9.17, 15) is 9.50 Å². The number of rotatable bonds is 7. The standard InChI is InChI=1S/C31H27FN6O2/c32-22-11-20(13-24(15-22)40-10-9-38-7-1-2-8-38)30-26-16-29(35-27(26)5-6-34-30)31-25-14-19(3-4-28(25)36-37-31)21-12-23(39)18-33-17-21/h3-6,11-18,35,39H,1-2,7-10H2,(H,36,37). The number of aromatic hydroxyl groups is 1. The molecule has 3 N–H and O–H groups in total. The summed E-state index contributed by atoms with van der Waals surface area (Å²) in [4.78, 5) is 14.5. The van der Waals surface area contributed by atoms with Crippen LogP contribution in [-0.2, 0) is 0 Å². The number of pyridine rings is 2. The molecule has 1 aliphatic heterocycles. The molecule has 0 amide bonds. The second kappa shape index (κ2) is 10.1. The lowest BCUT2D eigenvalue weighted by Gasteiger charge is -2.15. The van der Waals surface area contributed by atoms with Gasteiger partial charge >= 0.3 is 0 Å². The normalized spacial score (nSPS) is 13.9. The highest BCUT2D eigenvalue weighted by Crippen LogP contribution is 2.35. The quantitative estimate of drug-likeness (QED) is 0.227. The zero-order valence-electron chi connectivity index (χ0n) is 21.7. The SMILES string of the molecule is Oc1cncc(-c2ccc3[nH]nc(-c4cc5c(-c6cc(F)cc(OCCN7CCCC7)c6)nccc5[nH]4)c3c2)c1. The van der Waals surface area contributed by atoms with Crippen molar-refractivity contribution in [3.63, 3.8) is 0 Å². The van der Waals surface area contributed by atoms with Gasteiger partial charge in [0.2, 0.25) is 0 Å². The number of halogens is 1. The van der Waals surface area contributed by atoms with E-state index in [1.165, 1.54) is 31.2 Å². The Hall–Kier alpha value is -4.76. The Labute approximate surface area is 229 Å². The first-order chi connectivity index (χ1) is 19.6. The smallest absolute Gasteiger partial charge is 0.134 e. The summed E-state index contributed by atoms with van der Waals surface area (Å²) in [5.41, 5.74) is 6.33. The molecule has 0 atom stereocenters. The van der Waals surface area contributed by atoms with Crippen molar-refractivity contribution in [3.05, 3.63) is 79.0 Å². The molecule has 1 fully saturated rings. The molecule has 4 aromatic heterocycles. The molecule has 0 spiro atoms.